The van der Waals surface area contributed by atoms with Crippen LogP contribution in [0.1, 0.15) is 41.2 Å². The van der Waals surface area contributed by atoms with Crippen molar-refractivity contribution in [2.75, 3.05) is 0 Å². The number of aromatic nitrogens is 2. The molecule has 6 heteroatoms. The third-order valence-corrected chi connectivity index (χ3v) is 5.33. The topological polar surface area (TPSA) is 47.0 Å². The number of aryl methyl sites for hydroxylation is 1. The lowest BCUT2D eigenvalue weighted by molar-refractivity contribution is 0.301. The Morgan fingerprint density at radius 2 is 2.19 bits per heavy atom. The number of thiazole rings is 1. The molecule has 3 aromatic rings. The molecule has 2 heterocycles. The number of rotatable bonds is 8. The minimum Gasteiger partial charge on any atom is -0.489 e. The van der Waals surface area contributed by atoms with Crippen LogP contribution in [0.5, 0.6) is 5.75 Å². The highest BCUT2D eigenvalue weighted by Crippen LogP contribution is 2.26. The van der Waals surface area contributed by atoms with E-state index < -0.39 is 0 Å². The van der Waals surface area contributed by atoms with Gasteiger partial charge in [-0.15, -0.1) is 11.3 Å². The van der Waals surface area contributed by atoms with Crippen molar-refractivity contribution in [2.45, 2.75) is 39.5 Å². The van der Waals surface area contributed by atoms with E-state index in [-0.39, 0.29) is 6.04 Å². The van der Waals surface area contributed by atoms with Crippen LogP contribution in [0.15, 0.2) is 48.1 Å². The van der Waals surface area contributed by atoms with Gasteiger partial charge in [0.1, 0.15) is 17.4 Å². The zero-order valence-electron chi connectivity index (χ0n) is 14.9. The first-order chi connectivity index (χ1) is 12.7. The van der Waals surface area contributed by atoms with Crippen molar-refractivity contribution in [3.8, 4) is 5.75 Å². The molecule has 0 aliphatic rings. The minimum atomic E-state index is 0.221. The number of nitrogens with zero attached hydrogens (tertiary/aromatic N) is 2. The summed E-state index contributed by atoms with van der Waals surface area (Å²) >= 11 is 7.89. The van der Waals surface area contributed by atoms with Gasteiger partial charge in [-0.05, 0) is 37.6 Å². The van der Waals surface area contributed by atoms with Crippen molar-refractivity contribution in [1.82, 2.24) is 15.3 Å². The van der Waals surface area contributed by atoms with E-state index in [4.69, 9.17) is 16.3 Å². The van der Waals surface area contributed by atoms with Crippen LogP contribution < -0.4 is 10.1 Å². The van der Waals surface area contributed by atoms with Gasteiger partial charge in [0.2, 0.25) is 0 Å². The molecule has 0 amide bonds. The van der Waals surface area contributed by atoms with E-state index in [9.17, 15) is 0 Å². The number of nitrogens with one attached hydrogen (secondary N) is 1. The highest BCUT2D eigenvalue weighted by Gasteiger charge is 2.14. The lowest BCUT2D eigenvalue weighted by atomic mass is 10.1. The molecular weight excluding hydrogens is 366 g/mol. The van der Waals surface area contributed by atoms with Crippen molar-refractivity contribution in [3.63, 3.8) is 0 Å². The highest BCUT2D eigenvalue weighted by molar-refractivity contribution is 7.09. The fourth-order valence-electron chi connectivity index (χ4n) is 2.64. The summed E-state index contributed by atoms with van der Waals surface area (Å²) in [6.07, 6.45) is 4.54. The van der Waals surface area contributed by atoms with Crippen LogP contribution in [0.3, 0.4) is 0 Å². The number of ether oxygens (including phenoxy) is 1. The average molecular weight is 388 g/mol. The molecule has 26 heavy (non-hydrogen) atoms. The SMILES string of the molecule is CCC(NCc1cc(Cl)ccc1OCc1cccnc1)c1nc(C)cs1. The monoisotopic (exact) mass is 387 g/mol. The number of pyridine rings is 1. The van der Waals surface area contributed by atoms with Gasteiger partial charge in [-0.25, -0.2) is 4.98 Å². The molecular formula is C20H22ClN3OS. The smallest absolute Gasteiger partial charge is 0.124 e. The highest BCUT2D eigenvalue weighted by atomic mass is 35.5. The molecule has 0 saturated heterocycles. The number of halogens is 1. The summed E-state index contributed by atoms with van der Waals surface area (Å²) in [5, 5.41) is 7.48. The van der Waals surface area contributed by atoms with Crippen LogP contribution in [-0.2, 0) is 13.2 Å². The van der Waals surface area contributed by atoms with Gasteiger partial charge in [0, 0.05) is 46.2 Å². The predicted molar refractivity (Wildman–Crippen MR) is 107 cm³/mol. The van der Waals surface area contributed by atoms with Crippen molar-refractivity contribution in [3.05, 3.63) is 75.0 Å². The number of hydrogen-bond acceptors (Lipinski definition) is 5. The summed E-state index contributed by atoms with van der Waals surface area (Å²) in [5.41, 5.74) is 3.13. The number of benzene rings is 1. The van der Waals surface area contributed by atoms with Crippen LogP contribution in [0.2, 0.25) is 5.02 Å². The second-order valence-electron chi connectivity index (χ2n) is 6.07. The molecule has 136 valence electrons. The van der Waals surface area contributed by atoms with Gasteiger partial charge < -0.3 is 10.1 Å². The van der Waals surface area contributed by atoms with E-state index in [0.717, 1.165) is 34.0 Å². The number of hydrogen-bond donors (Lipinski definition) is 1. The molecule has 0 fully saturated rings. The maximum atomic E-state index is 6.20. The first kappa shape index (κ1) is 18.8. The zero-order valence-corrected chi connectivity index (χ0v) is 16.5. The Morgan fingerprint density at radius 1 is 1.31 bits per heavy atom. The molecule has 4 nitrogen and oxygen atoms in total. The largest absolute Gasteiger partial charge is 0.489 e. The Bertz CT molecular complexity index is 838. The summed E-state index contributed by atoms with van der Waals surface area (Å²) in [5.74, 6) is 0.830. The minimum absolute atomic E-state index is 0.221. The first-order valence-electron chi connectivity index (χ1n) is 8.61. The molecule has 0 saturated carbocycles. The summed E-state index contributed by atoms with van der Waals surface area (Å²) in [4.78, 5) is 8.72. The van der Waals surface area contributed by atoms with Gasteiger partial charge in [-0.2, -0.15) is 0 Å². The van der Waals surface area contributed by atoms with E-state index in [1.165, 1.54) is 0 Å². The van der Waals surface area contributed by atoms with E-state index in [1.807, 2.05) is 43.5 Å². The van der Waals surface area contributed by atoms with Crippen molar-refractivity contribution < 1.29 is 4.74 Å². The molecule has 3 rings (SSSR count). The molecule has 1 aromatic carbocycles. The summed E-state index contributed by atoms with van der Waals surface area (Å²) < 4.78 is 6.00. The summed E-state index contributed by atoms with van der Waals surface area (Å²) in [7, 11) is 0. The lowest BCUT2D eigenvalue weighted by Crippen LogP contribution is -2.20. The summed E-state index contributed by atoms with van der Waals surface area (Å²) in [6.45, 7) is 5.33. The maximum Gasteiger partial charge on any atom is 0.124 e. The van der Waals surface area contributed by atoms with Crippen molar-refractivity contribution in [1.29, 1.82) is 0 Å². The van der Waals surface area contributed by atoms with Gasteiger partial charge in [0.05, 0.1) is 6.04 Å². The molecule has 0 aliphatic carbocycles. The molecule has 2 aromatic heterocycles. The van der Waals surface area contributed by atoms with Gasteiger partial charge in [0.15, 0.2) is 0 Å². The Labute approximate surface area is 163 Å². The standard InChI is InChI=1S/C20H22ClN3OS/c1-3-18(20-24-14(2)13-26-20)23-11-16-9-17(21)6-7-19(16)25-12-15-5-4-8-22-10-15/h4-10,13,18,23H,3,11-12H2,1-2H3. The van der Waals surface area contributed by atoms with Gasteiger partial charge in [-0.1, -0.05) is 24.6 Å². The molecule has 1 N–H and O–H groups in total. The van der Waals surface area contributed by atoms with Crippen LogP contribution in [0.4, 0.5) is 0 Å². The van der Waals surface area contributed by atoms with Gasteiger partial charge >= 0.3 is 0 Å². The van der Waals surface area contributed by atoms with Crippen LogP contribution in [-0.4, -0.2) is 9.97 Å². The molecule has 1 unspecified atom stereocenters. The Balaban J connectivity index is 1.69. The Hall–Kier alpha value is -1.95. The normalized spacial score (nSPS) is 12.1. The zero-order chi connectivity index (χ0) is 18.4. The van der Waals surface area contributed by atoms with Crippen LogP contribution in [0.25, 0.3) is 0 Å². The molecule has 0 spiro atoms. The predicted octanol–water partition coefficient (Wildman–Crippen LogP) is 5.32. The maximum absolute atomic E-state index is 6.20. The van der Waals surface area contributed by atoms with Crippen LogP contribution in [0, 0.1) is 6.92 Å². The quantitative estimate of drug-likeness (QED) is 0.568. The van der Waals surface area contributed by atoms with E-state index >= 15 is 0 Å². The van der Waals surface area contributed by atoms with E-state index in [0.29, 0.717) is 18.2 Å². The first-order valence-corrected chi connectivity index (χ1v) is 9.87. The van der Waals surface area contributed by atoms with Crippen LogP contribution >= 0.6 is 22.9 Å². The third kappa shape index (κ3) is 5.04. The fraction of sp³-hybridized carbons (Fsp3) is 0.300. The van der Waals surface area contributed by atoms with E-state index in [2.05, 4.69) is 27.6 Å². The second-order valence-corrected chi connectivity index (χ2v) is 7.40. The van der Waals surface area contributed by atoms with E-state index in [1.54, 1.807) is 17.5 Å². The fourth-order valence-corrected chi connectivity index (χ4v) is 3.79. The Morgan fingerprint density at radius 3 is 2.88 bits per heavy atom. The molecule has 0 bridgehead atoms. The third-order valence-electron chi connectivity index (χ3n) is 4.02. The lowest BCUT2D eigenvalue weighted by Gasteiger charge is -2.17. The van der Waals surface area contributed by atoms with Gasteiger partial charge in [0.25, 0.3) is 0 Å². The summed E-state index contributed by atoms with van der Waals surface area (Å²) in [6, 6.07) is 9.85. The molecule has 0 radical (unpaired) electrons. The van der Waals surface area contributed by atoms with Crippen molar-refractivity contribution in [2.24, 2.45) is 0 Å². The average Bonchev–Trinajstić information content (AvgIpc) is 3.08. The Kier molecular flexibility index (Phi) is 6.61. The molecule has 0 aliphatic heterocycles. The second kappa shape index (κ2) is 9.12. The molecule has 1 atom stereocenters. The van der Waals surface area contributed by atoms with Crippen molar-refractivity contribution >= 4 is 22.9 Å². The van der Waals surface area contributed by atoms with Gasteiger partial charge in [-0.3, -0.25) is 4.98 Å².